The van der Waals surface area contributed by atoms with Crippen molar-refractivity contribution in [3.8, 4) is 0 Å². The Morgan fingerprint density at radius 2 is 0.667 bits per heavy atom. The largest absolute Gasteiger partial charge is 0.0617 e. The summed E-state index contributed by atoms with van der Waals surface area (Å²) < 4.78 is 0. The minimum atomic E-state index is 0.775. The van der Waals surface area contributed by atoms with Crippen molar-refractivity contribution in [2.24, 2.45) is 58.2 Å². The summed E-state index contributed by atoms with van der Waals surface area (Å²) in [6, 6.07) is 0. The molecule has 8 aliphatic rings. The molecule has 2 atom stereocenters. The maximum atomic E-state index is 2.73. The molecule has 2 unspecified atom stereocenters. The Bertz CT molecular complexity index is 410. The van der Waals surface area contributed by atoms with Crippen molar-refractivity contribution < 1.29 is 0 Å². The van der Waals surface area contributed by atoms with Gasteiger partial charge in [0, 0.05) is 0 Å². The molecule has 0 nitrogen and oxygen atoms in total. The Hall–Kier alpha value is 0. The van der Waals surface area contributed by atoms with Crippen molar-refractivity contribution in [2.75, 3.05) is 0 Å². The molecule has 0 aromatic heterocycles. The zero-order chi connectivity index (χ0) is 16.1. The van der Waals surface area contributed by atoms with Gasteiger partial charge in [-0.3, -0.25) is 0 Å². The minimum Gasteiger partial charge on any atom is -0.0617 e. The summed E-state index contributed by atoms with van der Waals surface area (Å²) in [4.78, 5) is 0. The fourth-order valence-electron chi connectivity index (χ4n) is 10.5. The monoisotopic (exact) mass is 326 g/mol. The summed E-state index contributed by atoms with van der Waals surface area (Å²) in [7, 11) is 0. The van der Waals surface area contributed by atoms with E-state index in [2.05, 4.69) is 13.8 Å². The van der Waals surface area contributed by atoms with Crippen molar-refractivity contribution in [3.63, 3.8) is 0 Å². The first-order chi connectivity index (χ1) is 11.5. The lowest BCUT2D eigenvalue weighted by atomic mass is 9.41. The van der Waals surface area contributed by atoms with Gasteiger partial charge in [0.25, 0.3) is 0 Å². The van der Waals surface area contributed by atoms with Crippen molar-refractivity contribution >= 4 is 0 Å². The first-order valence-corrected chi connectivity index (χ1v) is 11.5. The quantitative estimate of drug-likeness (QED) is 0.542. The van der Waals surface area contributed by atoms with Crippen LogP contribution in [-0.4, -0.2) is 0 Å². The number of hydrogen-bond donors (Lipinski definition) is 0. The molecular weight excluding hydrogens is 288 g/mol. The van der Waals surface area contributed by atoms with Crippen LogP contribution in [0, 0.1) is 58.2 Å². The van der Waals surface area contributed by atoms with Gasteiger partial charge < -0.3 is 0 Å². The third kappa shape index (κ3) is 1.98. The molecule has 0 N–H and O–H groups in total. The van der Waals surface area contributed by atoms with Crippen molar-refractivity contribution in [2.45, 2.75) is 90.9 Å². The summed E-state index contributed by atoms with van der Waals surface area (Å²) >= 11 is 0. The van der Waals surface area contributed by atoms with E-state index in [0.717, 1.165) is 58.2 Å². The molecule has 8 saturated carbocycles. The van der Waals surface area contributed by atoms with Gasteiger partial charge in [-0.2, -0.15) is 0 Å². The highest BCUT2D eigenvalue weighted by Crippen LogP contribution is 2.68. The van der Waals surface area contributed by atoms with Crippen molar-refractivity contribution in [1.29, 1.82) is 0 Å². The van der Waals surface area contributed by atoms with Crippen molar-refractivity contribution in [3.05, 3.63) is 0 Å². The Kier molecular flexibility index (Phi) is 3.04. The zero-order valence-electron chi connectivity index (χ0n) is 16.1. The van der Waals surface area contributed by atoms with E-state index in [1.165, 1.54) is 0 Å². The molecule has 0 aliphatic heterocycles. The highest BCUT2D eigenvalue weighted by atomic mass is 14.6. The molecule has 8 bridgehead atoms. The molecule has 0 heteroatoms. The van der Waals surface area contributed by atoms with Crippen LogP contribution in [0.3, 0.4) is 0 Å². The van der Waals surface area contributed by atoms with Crippen LogP contribution >= 0.6 is 0 Å². The van der Waals surface area contributed by atoms with Crippen LogP contribution in [-0.2, 0) is 0 Å². The highest BCUT2D eigenvalue weighted by molar-refractivity contribution is 5.09. The molecule has 0 saturated heterocycles. The van der Waals surface area contributed by atoms with Crippen LogP contribution < -0.4 is 0 Å². The molecular formula is C24H38. The fourth-order valence-corrected chi connectivity index (χ4v) is 10.5. The van der Waals surface area contributed by atoms with E-state index in [-0.39, 0.29) is 0 Å². The fraction of sp³-hybridized carbons (Fsp3) is 1.00. The molecule has 8 rings (SSSR count). The molecule has 8 fully saturated rings. The predicted octanol–water partition coefficient (Wildman–Crippen LogP) is 6.69. The lowest BCUT2D eigenvalue weighted by Gasteiger charge is -2.64. The molecule has 24 heavy (non-hydrogen) atoms. The number of hydrogen-bond acceptors (Lipinski definition) is 0. The van der Waals surface area contributed by atoms with Crippen LogP contribution in [0.5, 0.6) is 0 Å². The normalized spacial score (nSPS) is 59.8. The maximum Gasteiger partial charge on any atom is -0.0261 e. The highest BCUT2D eigenvalue weighted by Gasteiger charge is 2.59. The van der Waals surface area contributed by atoms with Gasteiger partial charge in [-0.25, -0.2) is 0 Å². The Morgan fingerprint density at radius 1 is 0.458 bits per heavy atom. The summed E-state index contributed by atoms with van der Waals surface area (Å²) in [6.07, 6.45) is 19.4. The van der Waals surface area contributed by atoms with Gasteiger partial charge in [-0.05, 0) is 135 Å². The smallest absolute Gasteiger partial charge is 0.0261 e. The zero-order valence-corrected chi connectivity index (χ0v) is 16.1. The molecule has 134 valence electrons. The summed E-state index contributed by atoms with van der Waals surface area (Å²) in [6.45, 7) is 5.47. The van der Waals surface area contributed by atoms with Crippen LogP contribution in [0.2, 0.25) is 0 Å². The second-order valence-electron chi connectivity index (χ2n) is 12.1. The van der Waals surface area contributed by atoms with Gasteiger partial charge in [-0.1, -0.05) is 13.8 Å². The topological polar surface area (TPSA) is 0 Å². The van der Waals surface area contributed by atoms with Crippen LogP contribution in [0.15, 0.2) is 0 Å². The summed E-state index contributed by atoms with van der Waals surface area (Å²) in [5, 5.41) is 0. The molecule has 0 heterocycles. The second kappa shape index (κ2) is 4.83. The Morgan fingerprint density at radius 3 is 0.875 bits per heavy atom. The molecule has 0 amide bonds. The SMILES string of the molecule is CC(C(C)C12CC3CC(CC(C3)C1)C2)C12CC3CC(CC(C3)C1)C2. The van der Waals surface area contributed by atoms with Gasteiger partial charge in [0.1, 0.15) is 0 Å². The van der Waals surface area contributed by atoms with E-state index in [0.29, 0.717) is 0 Å². The summed E-state index contributed by atoms with van der Waals surface area (Å²) in [5.41, 5.74) is 1.55. The lowest BCUT2D eigenvalue weighted by molar-refractivity contribution is -0.145. The van der Waals surface area contributed by atoms with E-state index in [1.54, 1.807) is 77.0 Å². The molecule has 0 radical (unpaired) electrons. The van der Waals surface area contributed by atoms with Crippen LogP contribution in [0.1, 0.15) is 90.9 Å². The first-order valence-electron chi connectivity index (χ1n) is 11.5. The van der Waals surface area contributed by atoms with E-state index in [4.69, 9.17) is 0 Å². The van der Waals surface area contributed by atoms with Crippen LogP contribution in [0.4, 0.5) is 0 Å². The van der Waals surface area contributed by atoms with Gasteiger partial charge in [0.15, 0.2) is 0 Å². The van der Waals surface area contributed by atoms with E-state index >= 15 is 0 Å². The minimum absolute atomic E-state index is 0.775. The third-order valence-electron chi connectivity index (χ3n) is 10.9. The van der Waals surface area contributed by atoms with E-state index < -0.39 is 0 Å². The molecule has 0 aromatic rings. The maximum absolute atomic E-state index is 2.73. The standard InChI is InChI=1S/C24H38/c1-15(23-9-17-3-18(10-23)5-19(4-17)11-23)16(2)24-12-20-6-21(13-24)8-22(7-20)14-24/h15-22H,3-14H2,1-2H3. The third-order valence-corrected chi connectivity index (χ3v) is 10.9. The van der Waals surface area contributed by atoms with Gasteiger partial charge in [-0.15, -0.1) is 0 Å². The second-order valence-corrected chi connectivity index (χ2v) is 12.1. The predicted molar refractivity (Wildman–Crippen MR) is 99.5 cm³/mol. The average Bonchev–Trinajstić information content (AvgIpc) is 2.51. The number of rotatable bonds is 3. The average molecular weight is 327 g/mol. The Balaban J connectivity index is 1.29. The van der Waals surface area contributed by atoms with Crippen molar-refractivity contribution in [1.82, 2.24) is 0 Å². The molecule has 0 spiro atoms. The van der Waals surface area contributed by atoms with Gasteiger partial charge in [0.05, 0.1) is 0 Å². The first kappa shape index (κ1) is 15.1. The van der Waals surface area contributed by atoms with Crippen LogP contribution in [0.25, 0.3) is 0 Å². The van der Waals surface area contributed by atoms with Gasteiger partial charge >= 0.3 is 0 Å². The Labute approximate surface area is 149 Å². The van der Waals surface area contributed by atoms with Gasteiger partial charge in [0.2, 0.25) is 0 Å². The molecule has 8 aliphatic carbocycles. The van der Waals surface area contributed by atoms with E-state index in [9.17, 15) is 0 Å². The molecule has 0 aromatic carbocycles. The lowest BCUT2D eigenvalue weighted by Crippen LogP contribution is -2.55. The van der Waals surface area contributed by atoms with E-state index in [1.807, 2.05) is 0 Å². The summed E-state index contributed by atoms with van der Waals surface area (Å²) in [5.74, 6) is 8.77.